The first kappa shape index (κ1) is 9.47. The van der Waals surface area contributed by atoms with Crippen LogP contribution in [-0.2, 0) is 0 Å². The molecule has 0 spiro atoms. The maximum absolute atomic E-state index is 9.97. The Morgan fingerprint density at radius 3 is 2.54 bits per heavy atom. The third kappa shape index (κ3) is 2.44. The Morgan fingerprint density at radius 1 is 1.15 bits per heavy atom. The van der Waals surface area contributed by atoms with E-state index in [9.17, 15) is 5.11 Å². The Hall–Kier alpha value is -0.0800. The lowest BCUT2D eigenvalue weighted by molar-refractivity contribution is 0.0925. The van der Waals surface area contributed by atoms with E-state index < -0.39 is 0 Å². The number of aliphatic hydroxyl groups excluding tert-OH is 1. The van der Waals surface area contributed by atoms with Crippen molar-refractivity contribution in [2.75, 3.05) is 6.54 Å². The van der Waals surface area contributed by atoms with Gasteiger partial charge >= 0.3 is 0 Å². The molecular weight excluding hydrogens is 162 g/mol. The summed E-state index contributed by atoms with van der Waals surface area (Å²) in [6.07, 6.45) is 8.70. The summed E-state index contributed by atoms with van der Waals surface area (Å²) in [6.45, 7) is 1.15. The predicted molar refractivity (Wildman–Crippen MR) is 53.6 cm³/mol. The van der Waals surface area contributed by atoms with E-state index in [1.165, 1.54) is 38.5 Å². The molecule has 0 aromatic carbocycles. The van der Waals surface area contributed by atoms with E-state index >= 15 is 0 Å². The minimum absolute atomic E-state index is 0.0295. The van der Waals surface area contributed by atoms with Gasteiger partial charge in [-0.15, -0.1) is 0 Å². The van der Waals surface area contributed by atoms with Crippen LogP contribution in [-0.4, -0.2) is 23.8 Å². The summed E-state index contributed by atoms with van der Waals surface area (Å²) in [5.41, 5.74) is 0. The molecule has 2 fully saturated rings. The van der Waals surface area contributed by atoms with Gasteiger partial charge in [0.1, 0.15) is 0 Å². The van der Waals surface area contributed by atoms with Crippen LogP contribution in [0.2, 0.25) is 0 Å². The molecule has 1 saturated heterocycles. The number of hydrogen-bond donors (Lipinski definition) is 2. The molecule has 2 nitrogen and oxygen atoms in total. The van der Waals surface area contributed by atoms with E-state index in [2.05, 4.69) is 5.32 Å². The van der Waals surface area contributed by atoms with E-state index in [-0.39, 0.29) is 6.10 Å². The van der Waals surface area contributed by atoms with Gasteiger partial charge in [-0.2, -0.15) is 0 Å². The molecular formula is C11H21NO. The van der Waals surface area contributed by atoms with Crippen molar-refractivity contribution in [3.05, 3.63) is 0 Å². The molecule has 2 aliphatic rings. The molecule has 0 amide bonds. The van der Waals surface area contributed by atoms with Crippen LogP contribution in [0.3, 0.4) is 0 Å². The lowest BCUT2D eigenvalue weighted by Gasteiger charge is -2.21. The van der Waals surface area contributed by atoms with Crippen molar-refractivity contribution in [1.29, 1.82) is 0 Å². The molecule has 0 radical (unpaired) electrons. The zero-order valence-electron chi connectivity index (χ0n) is 8.34. The fourth-order valence-corrected chi connectivity index (χ4v) is 2.78. The van der Waals surface area contributed by atoms with E-state index in [0.29, 0.717) is 12.0 Å². The first-order chi connectivity index (χ1) is 6.36. The molecule has 0 aromatic rings. The van der Waals surface area contributed by atoms with E-state index in [0.717, 1.165) is 13.0 Å². The summed E-state index contributed by atoms with van der Waals surface area (Å²) < 4.78 is 0. The highest BCUT2D eigenvalue weighted by Crippen LogP contribution is 2.30. The first-order valence-corrected chi connectivity index (χ1v) is 5.78. The smallest absolute Gasteiger partial charge is 0.0583 e. The zero-order chi connectivity index (χ0) is 9.10. The van der Waals surface area contributed by atoms with Crippen LogP contribution in [0.15, 0.2) is 0 Å². The molecule has 1 saturated carbocycles. The summed E-state index contributed by atoms with van der Waals surface area (Å²) in [4.78, 5) is 0. The summed E-state index contributed by atoms with van der Waals surface area (Å²) in [6, 6.07) is 0.607. The minimum Gasteiger partial charge on any atom is -0.393 e. The lowest BCUT2D eigenvalue weighted by atomic mass is 9.94. The Morgan fingerprint density at radius 2 is 1.92 bits per heavy atom. The van der Waals surface area contributed by atoms with Crippen molar-refractivity contribution in [2.24, 2.45) is 5.92 Å². The van der Waals surface area contributed by atoms with Crippen LogP contribution in [0.4, 0.5) is 0 Å². The zero-order valence-corrected chi connectivity index (χ0v) is 8.34. The van der Waals surface area contributed by atoms with Gasteiger partial charge in [0.15, 0.2) is 0 Å². The van der Waals surface area contributed by atoms with Crippen LogP contribution in [0.1, 0.15) is 44.9 Å². The van der Waals surface area contributed by atoms with E-state index in [1.54, 1.807) is 0 Å². The maximum Gasteiger partial charge on any atom is 0.0583 e. The van der Waals surface area contributed by atoms with Crippen molar-refractivity contribution in [3.63, 3.8) is 0 Å². The van der Waals surface area contributed by atoms with Crippen molar-refractivity contribution < 1.29 is 5.11 Å². The second-order valence-corrected chi connectivity index (χ2v) is 4.64. The van der Waals surface area contributed by atoms with Crippen LogP contribution < -0.4 is 5.32 Å². The topological polar surface area (TPSA) is 32.3 Å². The normalized spacial score (nSPS) is 32.5. The van der Waals surface area contributed by atoms with Crippen molar-refractivity contribution in [2.45, 2.75) is 57.1 Å². The fourth-order valence-electron chi connectivity index (χ4n) is 2.78. The Bertz CT molecular complexity index is 148. The molecule has 0 aromatic heterocycles. The molecule has 2 unspecified atom stereocenters. The van der Waals surface area contributed by atoms with Gasteiger partial charge in [0.05, 0.1) is 6.10 Å². The highest BCUT2D eigenvalue weighted by Gasteiger charge is 2.26. The first-order valence-electron chi connectivity index (χ1n) is 5.78. The molecule has 2 N–H and O–H groups in total. The van der Waals surface area contributed by atoms with E-state index in [1.807, 2.05) is 0 Å². The predicted octanol–water partition coefficient (Wildman–Crippen LogP) is 1.68. The summed E-state index contributed by atoms with van der Waals surface area (Å²) in [5, 5.41) is 13.4. The molecule has 2 rings (SSSR count). The van der Waals surface area contributed by atoms with Crippen LogP contribution in [0.5, 0.6) is 0 Å². The Labute approximate surface area is 80.7 Å². The van der Waals surface area contributed by atoms with Gasteiger partial charge in [0.25, 0.3) is 0 Å². The van der Waals surface area contributed by atoms with Gasteiger partial charge in [-0.1, -0.05) is 12.8 Å². The third-order valence-corrected chi connectivity index (χ3v) is 3.63. The highest BCUT2D eigenvalue weighted by atomic mass is 16.3. The molecule has 76 valence electrons. The monoisotopic (exact) mass is 183 g/mol. The van der Waals surface area contributed by atoms with Gasteiger partial charge in [-0.25, -0.2) is 0 Å². The van der Waals surface area contributed by atoms with Crippen LogP contribution in [0, 0.1) is 5.92 Å². The average molecular weight is 183 g/mol. The summed E-state index contributed by atoms with van der Waals surface area (Å²) in [5.74, 6) is 0.613. The van der Waals surface area contributed by atoms with Gasteiger partial charge in [0, 0.05) is 6.04 Å². The second-order valence-electron chi connectivity index (χ2n) is 4.64. The molecule has 1 aliphatic heterocycles. The maximum atomic E-state index is 9.97. The number of rotatable bonds is 3. The third-order valence-electron chi connectivity index (χ3n) is 3.63. The van der Waals surface area contributed by atoms with Gasteiger partial charge in [-0.3, -0.25) is 0 Å². The SMILES string of the molecule is OC(CC1CCCN1)C1CCCC1. The largest absolute Gasteiger partial charge is 0.393 e. The Kier molecular flexibility index (Phi) is 3.23. The van der Waals surface area contributed by atoms with Crippen molar-refractivity contribution >= 4 is 0 Å². The minimum atomic E-state index is -0.0295. The number of nitrogens with one attached hydrogen (secondary N) is 1. The molecule has 0 bridgehead atoms. The molecule has 2 atom stereocenters. The van der Waals surface area contributed by atoms with Gasteiger partial charge in [-0.05, 0) is 44.6 Å². The Balaban J connectivity index is 1.73. The molecule has 2 heteroatoms. The van der Waals surface area contributed by atoms with Gasteiger partial charge < -0.3 is 10.4 Å². The summed E-state index contributed by atoms with van der Waals surface area (Å²) in [7, 11) is 0. The fraction of sp³-hybridized carbons (Fsp3) is 1.00. The average Bonchev–Trinajstić information content (AvgIpc) is 2.74. The molecule has 1 aliphatic carbocycles. The van der Waals surface area contributed by atoms with Gasteiger partial charge in [0.2, 0.25) is 0 Å². The second kappa shape index (κ2) is 4.43. The standard InChI is InChI=1S/C11H21NO/c13-11(9-4-1-2-5-9)8-10-6-3-7-12-10/h9-13H,1-8H2. The number of aliphatic hydroxyl groups is 1. The highest BCUT2D eigenvalue weighted by molar-refractivity contribution is 4.82. The quantitative estimate of drug-likeness (QED) is 0.697. The lowest BCUT2D eigenvalue weighted by Crippen LogP contribution is -2.30. The number of hydrogen-bond acceptors (Lipinski definition) is 2. The van der Waals surface area contributed by atoms with E-state index in [4.69, 9.17) is 0 Å². The van der Waals surface area contributed by atoms with Crippen LogP contribution >= 0.6 is 0 Å². The van der Waals surface area contributed by atoms with Crippen LogP contribution in [0.25, 0.3) is 0 Å². The molecule has 13 heavy (non-hydrogen) atoms. The summed E-state index contributed by atoms with van der Waals surface area (Å²) >= 11 is 0. The van der Waals surface area contributed by atoms with Crippen molar-refractivity contribution in [1.82, 2.24) is 5.32 Å². The molecule has 1 heterocycles. The van der Waals surface area contributed by atoms with Crippen molar-refractivity contribution in [3.8, 4) is 0 Å².